The Kier molecular flexibility index (Phi) is 2.23. The van der Waals surface area contributed by atoms with E-state index < -0.39 is 0 Å². The molecule has 0 spiro atoms. The molecular formula is C9H11N3O. The Morgan fingerprint density at radius 1 is 1.38 bits per heavy atom. The first-order valence-electron chi connectivity index (χ1n) is 4.30. The van der Waals surface area contributed by atoms with Crippen LogP contribution < -0.4 is 10.6 Å². The van der Waals surface area contributed by atoms with Crippen molar-refractivity contribution in [1.29, 1.82) is 0 Å². The van der Waals surface area contributed by atoms with Gasteiger partial charge < -0.3 is 5.32 Å². The quantitative estimate of drug-likeness (QED) is 0.627. The van der Waals surface area contributed by atoms with Crippen molar-refractivity contribution in [2.45, 2.75) is 6.04 Å². The summed E-state index contributed by atoms with van der Waals surface area (Å²) in [6.07, 6.45) is 1.69. The van der Waals surface area contributed by atoms with Gasteiger partial charge >= 0.3 is 0 Å². The Labute approximate surface area is 76.4 Å². The number of amides is 1. The number of nitrogens with zero attached hydrogens (tertiary/aromatic N) is 1. The molecule has 2 N–H and O–H groups in total. The van der Waals surface area contributed by atoms with Gasteiger partial charge in [-0.05, 0) is 12.1 Å². The number of hydrogen-bond donors (Lipinski definition) is 2. The van der Waals surface area contributed by atoms with Gasteiger partial charge in [-0.15, -0.1) is 0 Å². The summed E-state index contributed by atoms with van der Waals surface area (Å²) < 4.78 is 0. The van der Waals surface area contributed by atoms with Gasteiger partial charge in [-0.1, -0.05) is 6.07 Å². The van der Waals surface area contributed by atoms with Crippen LogP contribution >= 0.6 is 0 Å². The second kappa shape index (κ2) is 3.53. The van der Waals surface area contributed by atoms with Gasteiger partial charge in [-0.25, -0.2) is 0 Å². The third-order valence-corrected chi connectivity index (χ3v) is 2.02. The minimum absolute atomic E-state index is 0.00458. The number of aromatic nitrogens is 1. The largest absolute Gasteiger partial charge is 0.353 e. The smallest absolute Gasteiger partial charge is 0.243 e. The van der Waals surface area contributed by atoms with E-state index in [1.54, 1.807) is 6.20 Å². The lowest BCUT2D eigenvalue weighted by Gasteiger charge is -2.22. The summed E-state index contributed by atoms with van der Waals surface area (Å²) in [5.41, 5.74) is 0.778. The average Bonchev–Trinajstić information content (AvgIpc) is 2.20. The van der Waals surface area contributed by atoms with E-state index in [2.05, 4.69) is 15.6 Å². The van der Waals surface area contributed by atoms with E-state index in [1.165, 1.54) is 0 Å². The second-order valence-corrected chi connectivity index (χ2v) is 2.93. The van der Waals surface area contributed by atoms with Gasteiger partial charge in [0, 0.05) is 19.3 Å². The molecule has 1 aliphatic heterocycles. The Hall–Kier alpha value is -1.42. The third kappa shape index (κ3) is 1.67. The number of carbonyl (C=O) groups is 1. The van der Waals surface area contributed by atoms with Gasteiger partial charge in [-0.3, -0.25) is 15.1 Å². The molecule has 0 saturated carbocycles. The summed E-state index contributed by atoms with van der Waals surface area (Å²) in [7, 11) is 0. The summed E-state index contributed by atoms with van der Waals surface area (Å²) in [6.45, 7) is 1.50. The fraction of sp³-hybridized carbons (Fsp3) is 0.333. The standard InChI is InChI=1S/C9H11N3O/c13-9-8(11-5-6-12-9)7-3-1-2-4-10-7/h1-4,8,11H,5-6H2,(H,12,13). The zero-order chi connectivity index (χ0) is 9.10. The fourth-order valence-electron chi connectivity index (χ4n) is 1.38. The van der Waals surface area contributed by atoms with E-state index in [1.807, 2.05) is 18.2 Å². The summed E-state index contributed by atoms with van der Waals surface area (Å²) in [6, 6.07) is 5.29. The molecule has 0 aliphatic carbocycles. The fourth-order valence-corrected chi connectivity index (χ4v) is 1.38. The number of carbonyl (C=O) groups excluding carboxylic acids is 1. The molecule has 0 radical (unpaired) electrons. The molecular weight excluding hydrogens is 166 g/mol. The molecule has 1 saturated heterocycles. The first-order valence-corrected chi connectivity index (χ1v) is 4.30. The minimum atomic E-state index is -0.282. The molecule has 0 aromatic carbocycles. The lowest BCUT2D eigenvalue weighted by Crippen LogP contribution is -2.47. The van der Waals surface area contributed by atoms with Crippen LogP contribution in [-0.2, 0) is 4.79 Å². The van der Waals surface area contributed by atoms with Crippen LogP contribution in [-0.4, -0.2) is 24.0 Å². The van der Waals surface area contributed by atoms with Crippen LogP contribution in [0, 0.1) is 0 Å². The van der Waals surface area contributed by atoms with Crippen molar-refractivity contribution in [3.63, 3.8) is 0 Å². The number of pyridine rings is 1. The summed E-state index contributed by atoms with van der Waals surface area (Å²) >= 11 is 0. The first-order chi connectivity index (χ1) is 6.38. The molecule has 1 fully saturated rings. The van der Waals surface area contributed by atoms with E-state index in [4.69, 9.17) is 0 Å². The molecule has 0 bridgehead atoms. The molecule has 1 amide bonds. The van der Waals surface area contributed by atoms with Gasteiger partial charge in [-0.2, -0.15) is 0 Å². The van der Waals surface area contributed by atoms with Crippen LogP contribution in [0.25, 0.3) is 0 Å². The van der Waals surface area contributed by atoms with Crippen LogP contribution in [0.1, 0.15) is 11.7 Å². The Morgan fingerprint density at radius 3 is 3.00 bits per heavy atom. The van der Waals surface area contributed by atoms with Crippen molar-refractivity contribution >= 4 is 5.91 Å². The van der Waals surface area contributed by atoms with E-state index in [0.717, 1.165) is 12.2 Å². The van der Waals surface area contributed by atoms with Crippen molar-refractivity contribution in [2.24, 2.45) is 0 Å². The predicted molar refractivity (Wildman–Crippen MR) is 48.0 cm³/mol. The van der Waals surface area contributed by atoms with Crippen LogP contribution in [0.15, 0.2) is 24.4 Å². The van der Waals surface area contributed by atoms with Gasteiger partial charge in [0.15, 0.2) is 0 Å². The Morgan fingerprint density at radius 2 is 2.31 bits per heavy atom. The average molecular weight is 177 g/mol. The second-order valence-electron chi connectivity index (χ2n) is 2.93. The van der Waals surface area contributed by atoms with Crippen LogP contribution in [0.3, 0.4) is 0 Å². The zero-order valence-electron chi connectivity index (χ0n) is 7.16. The molecule has 13 heavy (non-hydrogen) atoms. The molecule has 1 atom stereocenters. The summed E-state index contributed by atoms with van der Waals surface area (Å²) in [5, 5.41) is 5.90. The topological polar surface area (TPSA) is 54.0 Å². The maximum Gasteiger partial charge on any atom is 0.243 e. The van der Waals surface area contributed by atoms with Gasteiger partial charge in [0.05, 0.1) is 5.69 Å². The Balaban J connectivity index is 2.20. The van der Waals surface area contributed by atoms with Crippen molar-refractivity contribution in [2.75, 3.05) is 13.1 Å². The van der Waals surface area contributed by atoms with E-state index >= 15 is 0 Å². The third-order valence-electron chi connectivity index (χ3n) is 2.02. The van der Waals surface area contributed by atoms with E-state index in [-0.39, 0.29) is 11.9 Å². The lowest BCUT2D eigenvalue weighted by molar-refractivity contribution is -0.124. The molecule has 1 aromatic rings. The molecule has 2 heterocycles. The molecule has 1 unspecified atom stereocenters. The van der Waals surface area contributed by atoms with E-state index in [0.29, 0.717) is 6.54 Å². The van der Waals surface area contributed by atoms with Crippen molar-refractivity contribution < 1.29 is 4.79 Å². The van der Waals surface area contributed by atoms with Gasteiger partial charge in [0.25, 0.3) is 0 Å². The molecule has 4 heteroatoms. The highest BCUT2D eigenvalue weighted by Gasteiger charge is 2.23. The molecule has 1 aliphatic rings. The normalized spacial score (nSPS) is 22.5. The summed E-state index contributed by atoms with van der Waals surface area (Å²) in [5.74, 6) is 0.00458. The number of rotatable bonds is 1. The van der Waals surface area contributed by atoms with Crippen molar-refractivity contribution in [3.05, 3.63) is 30.1 Å². The van der Waals surface area contributed by atoms with Crippen LogP contribution in [0.2, 0.25) is 0 Å². The number of nitrogens with one attached hydrogen (secondary N) is 2. The highest BCUT2D eigenvalue weighted by atomic mass is 16.2. The maximum absolute atomic E-state index is 11.4. The zero-order valence-corrected chi connectivity index (χ0v) is 7.16. The number of hydrogen-bond acceptors (Lipinski definition) is 3. The molecule has 2 rings (SSSR count). The van der Waals surface area contributed by atoms with Crippen molar-refractivity contribution in [1.82, 2.24) is 15.6 Å². The van der Waals surface area contributed by atoms with Gasteiger partial charge in [0.1, 0.15) is 6.04 Å². The molecule has 1 aromatic heterocycles. The highest BCUT2D eigenvalue weighted by Crippen LogP contribution is 2.10. The predicted octanol–water partition coefficient (Wildman–Crippen LogP) is -0.158. The SMILES string of the molecule is O=C1NCCNC1c1ccccn1. The lowest BCUT2D eigenvalue weighted by atomic mass is 10.1. The molecule has 68 valence electrons. The number of piperazine rings is 1. The summed E-state index contributed by atoms with van der Waals surface area (Å²) in [4.78, 5) is 15.5. The Bertz CT molecular complexity index is 299. The van der Waals surface area contributed by atoms with Crippen LogP contribution in [0.4, 0.5) is 0 Å². The van der Waals surface area contributed by atoms with Crippen molar-refractivity contribution in [3.8, 4) is 0 Å². The first kappa shape index (κ1) is 8.19. The highest BCUT2D eigenvalue weighted by molar-refractivity contribution is 5.83. The minimum Gasteiger partial charge on any atom is -0.353 e. The molecule has 4 nitrogen and oxygen atoms in total. The van der Waals surface area contributed by atoms with Crippen LogP contribution in [0.5, 0.6) is 0 Å². The monoisotopic (exact) mass is 177 g/mol. The van der Waals surface area contributed by atoms with E-state index in [9.17, 15) is 4.79 Å². The maximum atomic E-state index is 11.4. The van der Waals surface area contributed by atoms with Gasteiger partial charge in [0.2, 0.25) is 5.91 Å².